The number of esters is 1. The second kappa shape index (κ2) is 20.2. The van der Waals surface area contributed by atoms with Gasteiger partial charge in [0.05, 0.1) is 86.2 Å². The molecule has 0 spiro atoms. The number of benzene rings is 3. The van der Waals surface area contributed by atoms with Crippen molar-refractivity contribution in [2.75, 3.05) is 31.8 Å². The molecule has 3 atom stereocenters. The van der Waals surface area contributed by atoms with E-state index in [1.54, 1.807) is 31.3 Å². The molecular formula is C46H47F4N7O12. The molecule has 1 fully saturated rings. The summed E-state index contributed by atoms with van der Waals surface area (Å²) in [5, 5.41) is 12.1. The number of carboxylic acids is 1. The van der Waals surface area contributed by atoms with Crippen LogP contribution in [0.3, 0.4) is 0 Å². The zero-order chi connectivity index (χ0) is 50.1. The van der Waals surface area contributed by atoms with Crippen molar-refractivity contribution in [3.05, 3.63) is 153 Å². The number of rotatable bonds is 11. The first kappa shape index (κ1) is 49.7. The summed E-state index contributed by atoms with van der Waals surface area (Å²) in [6.45, 7) is 1.28. The monoisotopic (exact) mass is 965 g/mol. The van der Waals surface area contributed by atoms with Gasteiger partial charge in [-0.2, -0.15) is 13.2 Å². The molecule has 3 aromatic carbocycles. The third kappa shape index (κ3) is 10.2. The number of carboxylic acid groups (broad SMARTS) is 1. The van der Waals surface area contributed by atoms with E-state index in [2.05, 4.69) is 10.1 Å². The molecule has 4 N–H and O–H groups in total. The number of nitrogens with one attached hydrogen (secondary N) is 1. The quantitative estimate of drug-likeness (QED) is 0.127. The number of alkyl halides is 3. The number of anilines is 1. The van der Waals surface area contributed by atoms with Crippen LogP contribution in [-0.4, -0.2) is 92.4 Å². The Labute approximate surface area is 388 Å². The number of carbonyl (C=O) groups is 3. The number of nitrogens with two attached hydrogens (primary N) is 1. The molecule has 3 aliphatic heterocycles. The molecule has 366 valence electrons. The Morgan fingerprint density at radius 1 is 0.797 bits per heavy atom. The van der Waals surface area contributed by atoms with Crippen molar-refractivity contribution < 1.29 is 56.0 Å². The van der Waals surface area contributed by atoms with E-state index >= 15 is 4.39 Å². The summed E-state index contributed by atoms with van der Waals surface area (Å²) in [6, 6.07) is 10.5. The highest BCUT2D eigenvalue weighted by Crippen LogP contribution is 2.33. The molecule has 3 aliphatic rings. The second-order valence-electron chi connectivity index (χ2n) is 16.5. The average molecular weight is 966 g/mol. The van der Waals surface area contributed by atoms with E-state index in [0.717, 1.165) is 25.7 Å². The van der Waals surface area contributed by atoms with Crippen molar-refractivity contribution in [3.8, 4) is 11.4 Å². The summed E-state index contributed by atoms with van der Waals surface area (Å²) >= 11 is 0. The average Bonchev–Trinajstić information content (AvgIpc) is 4.03. The van der Waals surface area contributed by atoms with Gasteiger partial charge < -0.3 is 40.0 Å². The minimum atomic E-state index is -4.63. The number of hydrogen-bond acceptors (Lipinski definition) is 13. The number of halogens is 4. The Balaban J connectivity index is 0.000000238. The lowest BCUT2D eigenvalue weighted by molar-refractivity contribution is -0.167. The molecule has 19 nitrogen and oxygen atoms in total. The topological polar surface area (TPSA) is 238 Å². The fourth-order valence-electron chi connectivity index (χ4n) is 8.32. The fourth-order valence-corrected chi connectivity index (χ4v) is 8.32. The van der Waals surface area contributed by atoms with Gasteiger partial charge in [0.1, 0.15) is 23.9 Å². The van der Waals surface area contributed by atoms with Crippen molar-refractivity contribution in [1.82, 2.24) is 23.6 Å². The number of morpholine rings is 1. The second-order valence-corrected chi connectivity index (χ2v) is 16.5. The molecule has 0 saturated carbocycles. The van der Waals surface area contributed by atoms with Crippen LogP contribution in [0.2, 0.25) is 0 Å². The highest BCUT2D eigenvalue weighted by atomic mass is 19.4. The number of nitrogens with zero attached hydrogens (tertiary/aromatic N) is 5. The Bertz CT molecular complexity index is 3030. The number of aliphatic carboxylic acids is 1. The predicted molar refractivity (Wildman–Crippen MR) is 237 cm³/mol. The number of amides is 1. The minimum absolute atomic E-state index is 0.00637. The zero-order valence-corrected chi connectivity index (χ0v) is 37.6. The summed E-state index contributed by atoms with van der Waals surface area (Å²) in [5.74, 6) is -4.07. The van der Waals surface area contributed by atoms with Gasteiger partial charge in [0.25, 0.3) is 17.0 Å². The Morgan fingerprint density at radius 2 is 1.30 bits per heavy atom. The fraction of sp³-hybridized carbons (Fsp3) is 0.370. The van der Waals surface area contributed by atoms with E-state index in [4.69, 9.17) is 19.9 Å². The van der Waals surface area contributed by atoms with Crippen molar-refractivity contribution >= 4 is 23.5 Å². The molecule has 69 heavy (non-hydrogen) atoms. The summed E-state index contributed by atoms with van der Waals surface area (Å²) in [6.07, 6.45) is -4.56. The lowest BCUT2D eigenvalue weighted by Gasteiger charge is -2.38. The predicted octanol–water partition coefficient (Wildman–Crippen LogP) is 1.82. The first-order chi connectivity index (χ1) is 32.7. The van der Waals surface area contributed by atoms with Crippen LogP contribution >= 0.6 is 0 Å². The molecule has 0 unspecified atom stereocenters. The van der Waals surface area contributed by atoms with Gasteiger partial charge in [-0.25, -0.2) is 27.9 Å². The number of aryl methyl sites for hydroxylation is 1. The SMILES string of the molecule is COC(=O)[C@@H](N)Cc1ccc(-n2c(=O)c3c(n(C)c2=O)COC3)cc1.Cc1cc(N2CCOC[C@@H]2C(F)(F)F)cc(F)c1C(=O)N[C@@H](Cc1ccc(-n2c(=O)c3c(n(C)c2=O)COC3)cc1)C(=O)O. The van der Waals surface area contributed by atoms with Gasteiger partial charge in [0.15, 0.2) is 0 Å². The summed E-state index contributed by atoms with van der Waals surface area (Å²) in [7, 11) is 4.43. The van der Waals surface area contributed by atoms with Gasteiger partial charge in [-0.3, -0.25) is 28.3 Å². The molecule has 23 heteroatoms. The van der Waals surface area contributed by atoms with Crippen LogP contribution < -0.4 is 38.4 Å². The van der Waals surface area contributed by atoms with Crippen LogP contribution in [0, 0.1) is 12.7 Å². The standard InChI is InChI=1S/C29H28F4N4O7.C17H19N3O5/c1-15-9-18(36-7-8-43-14-23(36)29(31,32)33)11-20(30)24(15)25(38)34-21(27(40)41)10-16-3-5-17(6-4-16)37-26(39)19-12-44-13-22(19)35(2)28(37)42;1-19-14-9-25-8-12(14)15(21)20(17(19)23)11-5-3-10(4-6-11)7-13(18)16(22)24-2/h3-6,9,11,21,23H,7-8,10,12-14H2,1-2H3,(H,34,38)(H,40,41);3-6,13H,7-9,18H2,1-2H3/t21-,23+;13-/m00/s1. The maximum absolute atomic E-state index is 15.2. The maximum atomic E-state index is 15.2. The molecule has 0 bridgehead atoms. The van der Waals surface area contributed by atoms with Crippen LogP contribution in [0.4, 0.5) is 23.2 Å². The van der Waals surface area contributed by atoms with Crippen molar-refractivity contribution in [2.45, 2.75) is 70.5 Å². The van der Waals surface area contributed by atoms with Crippen LogP contribution in [-0.2, 0) is 81.9 Å². The lowest BCUT2D eigenvalue weighted by atomic mass is 10.0. The van der Waals surface area contributed by atoms with E-state index in [1.165, 1.54) is 60.5 Å². The van der Waals surface area contributed by atoms with E-state index in [-0.39, 0.29) is 68.5 Å². The molecule has 5 aromatic rings. The van der Waals surface area contributed by atoms with E-state index in [9.17, 15) is 51.8 Å². The number of methoxy groups -OCH3 is 1. The van der Waals surface area contributed by atoms with E-state index in [1.807, 2.05) is 0 Å². The van der Waals surface area contributed by atoms with E-state index < -0.39 is 77.1 Å². The van der Waals surface area contributed by atoms with Crippen molar-refractivity contribution in [2.24, 2.45) is 19.8 Å². The highest BCUT2D eigenvalue weighted by molar-refractivity contribution is 5.98. The molecule has 2 aromatic heterocycles. The first-order valence-electron chi connectivity index (χ1n) is 21.3. The summed E-state index contributed by atoms with van der Waals surface area (Å²) in [5.41, 5.74) is 7.21. The molecule has 1 saturated heterocycles. The van der Waals surface area contributed by atoms with Crippen LogP contribution in [0.1, 0.15) is 49.6 Å². The smallest absolute Gasteiger partial charge is 0.411 e. The minimum Gasteiger partial charge on any atom is -0.480 e. The van der Waals surface area contributed by atoms with Gasteiger partial charge >= 0.3 is 29.5 Å². The number of ether oxygens (including phenoxy) is 4. The molecule has 0 radical (unpaired) electrons. The van der Waals surface area contributed by atoms with Gasteiger partial charge in [-0.1, -0.05) is 24.3 Å². The maximum Gasteiger partial charge on any atom is 0.411 e. The van der Waals surface area contributed by atoms with Gasteiger partial charge in [-0.15, -0.1) is 0 Å². The summed E-state index contributed by atoms with van der Waals surface area (Å²) < 4.78 is 80.8. The molecular weight excluding hydrogens is 919 g/mol. The Morgan fingerprint density at radius 3 is 1.77 bits per heavy atom. The van der Waals surface area contributed by atoms with Crippen LogP contribution in [0.15, 0.2) is 79.8 Å². The number of aromatic nitrogens is 4. The third-order valence-corrected chi connectivity index (χ3v) is 12.1. The highest BCUT2D eigenvalue weighted by Gasteiger charge is 2.46. The van der Waals surface area contributed by atoms with Crippen molar-refractivity contribution in [1.29, 1.82) is 0 Å². The van der Waals surface area contributed by atoms with Gasteiger partial charge in [0, 0.05) is 32.7 Å². The zero-order valence-electron chi connectivity index (χ0n) is 37.6. The Kier molecular flexibility index (Phi) is 14.5. The molecule has 1 amide bonds. The van der Waals surface area contributed by atoms with Crippen LogP contribution in [0.5, 0.6) is 0 Å². The van der Waals surface area contributed by atoms with Crippen molar-refractivity contribution in [3.63, 3.8) is 0 Å². The normalized spacial score (nSPS) is 16.2. The van der Waals surface area contributed by atoms with Gasteiger partial charge in [-0.05, 0) is 66.4 Å². The number of hydrogen-bond donors (Lipinski definition) is 3. The lowest BCUT2D eigenvalue weighted by Crippen LogP contribution is -2.53. The number of fused-ring (bicyclic) bond motifs is 2. The van der Waals surface area contributed by atoms with Crippen LogP contribution in [0.25, 0.3) is 11.4 Å². The number of carbonyl (C=O) groups excluding carboxylic acids is 2. The first-order valence-corrected chi connectivity index (χ1v) is 21.3. The Hall–Kier alpha value is -7.21. The molecule has 0 aliphatic carbocycles. The molecule has 5 heterocycles. The third-order valence-electron chi connectivity index (χ3n) is 12.1. The largest absolute Gasteiger partial charge is 0.480 e. The van der Waals surface area contributed by atoms with Gasteiger partial charge in [0.2, 0.25) is 0 Å². The summed E-state index contributed by atoms with van der Waals surface area (Å²) in [4.78, 5) is 88.3. The molecule has 8 rings (SSSR count). The van der Waals surface area contributed by atoms with E-state index in [0.29, 0.717) is 40.2 Å².